The Morgan fingerprint density at radius 3 is 2.24 bits per heavy atom. The molecule has 0 unspecified atom stereocenters. The molecule has 0 fully saturated rings. The van der Waals surface area contributed by atoms with E-state index < -0.39 is 11.8 Å². The van der Waals surface area contributed by atoms with E-state index in [9.17, 15) is 14.4 Å². The third-order valence-electron chi connectivity index (χ3n) is 5.97. The molecule has 0 bridgehead atoms. The minimum atomic E-state index is -0.522. The van der Waals surface area contributed by atoms with Gasteiger partial charge in [0, 0.05) is 32.3 Å². The summed E-state index contributed by atoms with van der Waals surface area (Å²) in [5.41, 5.74) is 2.89. The highest BCUT2D eigenvalue weighted by Gasteiger charge is 2.16. The third kappa shape index (κ3) is 8.39. The molecule has 3 amide bonds. The lowest BCUT2D eigenvalue weighted by atomic mass is 10.1. The van der Waals surface area contributed by atoms with Gasteiger partial charge in [0.2, 0.25) is 5.91 Å². The van der Waals surface area contributed by atoms with E-state index in [1.54, 1.807) is 91.0 Å². The van der Waals surface area contributed by atoms with Gasteiger partial charge in [0.25, 0.3) is 11.8 Å². The standard InChI is InChI=1S/C32H27Cl2N3O4S/c1-20-16-27(29(41-2)18-26(20)34)36-30(38)19-42-24-14-12-23(13-15-24)35-32(40)28(17-22-10-6-7-11-25(22)33)37-31(39)21-8-4-3-5-9-21/h3-18H,19H2,1-2H3,(H,35,40)(H,36,38)(H,37,39)/b28-17-. The molecule has 0 saturated carbocycles. The maximum Gasteiger partial charge on any atom is 0.272 e. The molecule has 0 saturated heterocycles. The largest absolute Gasteiger partial charge is 0.495 e. The van der Waals surface area contributed by atoms with Gasteiger partial charge in [0.1, 0.15) is 11.4 Å². The molecule has 0 atom stereocenters. The Hall–Kier alpha value is -4.24. The van der Waals surface area contributed by atoms with Crippen molar-refractivity contribution in [2.75, 3.05) is 23.5 Å². The smallest absolute Gasteiger partial charge is 0.272 e. The molecule has 7 nitrogen and oxygen atoms in total. The predicted molar refractivity (Wildman–Crippen MR) is 171 cm³/mol. The van der Waals surface area contributed by atoms with Gasteiger partial charge in [-0.2, -0.15) is 0 Å². The van der Waals surface area contributed by atoms with E-state index in [-0.39, 0.29) is 17.4 Å². The average Bonchev–Trinajstić information content (AvgIpc) is 2.99. The summed E-state index contributed by atoms with van der Waals surface area (Å²) in [5.74, 6) is -0.522. The van der Waals surface area contributed by atoms with Crippen LogP contribution in [0.15, 0.2) is 102 Å². The van der Waals surface area contributed by atoms with Gasteiger partial charge in [0.05, 0.1) is 18.6 Å². The first-order valence-corrected chi connectivity index (χ1v) is 14.5. The maximum atomic E-state index is 13.3. The summed E-state index contributed by atoms with van der Waals surface area (Å²) in [6.45, 7) is 1.85. The fourth-order valence-electron chi connectivity index (χ4n) is 3.79. The minimum absolute atomic E-state index is 0.0277. The lowest BCUT2D eigenvalue weighted by Crippen LogP contribution is -2.30. The molecule has 42 heavy (non-hydrogen) atoms. The number of thioether (sulfide) groups is 1. The first kappa shape index (κ1) is 30.7. The topological polar surface area (TPSA) is 96.5 Å². The number of rotatable bonds is 10. The molecule has 0 aliphatic rings. The van der Waals surface area contributed by atoms with Crippen LogP contribution in [0.2, 0.25) is 10.0 Å². The zero-order valence-electron chi connectivity index (χ0n) is 22.7. The van der Waals surface area contributed by atoms with Crippen molar-refractivity contribution in [1.82, 2.24) is 5.32 Å². The molecule has 3 N–H and O–H groups in total. The van der Waals surface area contributed by atoms with Gasteiger partial charge in [-0.1, -0.05) is 59.6 Å². The highest BCUT2D eigenvalue weighted by Crippen LogP contribution is 2.31. The van der Waals surface area contributed by atoms with Crippen LogP contribution >= 0.6 is 35.0 Å². The zero-order valence-corrected chi connectivity index (χ0v) is 25.1. The summed E-state index contributed by atoms with van der Waals surface area (Å²) in [5, 5.41) is 9.34. The number of nitrogens with one attached hydrogen (secondary N) is 3. The Labute approximate surface area is 258 Å². The van der Waals surface area contributed by atoms with E-state index in [2.05, 4.69) is 16.0 Å². The van der Waals surface area contributed by atoms with Gasteiger partial charge < -0.3 is 20.7 Å². The summed E-state index contributed by atoms with van der Waals surface area (Å²) in [6.07, 6.45) is 1.53. The van der Waals surface area contributed by atoms with Gasteiger partial charge >= 0.3 is 0 Å². The monoisotopic (exact) mass is 619 g/mol. The minimum Gasteiger partial charge on any atom is -0.495 e. The third-order valence-corrected chi connectivity index (χ3v) is 7.73. The van der Waals surface area contributed by atoms with Crippen molar-refractivity contribution < 1.29 is 19.1 Å². The molecule has 0 aliphatic heterocycles. The highest BCUT2D eigenvalue weighted by atomic mass is 35.5. The fourth-order valence-corrected chi connectivity index (χ4v) is 4.83. The molecular weight excluding hydrogens is 593 g/mol. The van der Waals surface area contributed by atoms with Crippen molar-refractivity contribution in [2.24, 2.45) is 0 Å². The molecule has 4 rings (SSSR count). The number of hydrogen-bond acceptors (Lipinski definition) is 5. The van der Waals surface area contributed by atoms with Crippen molar-refractivity contribution >= 4 is 70.1 Å². The van der Waals surface area contributed by atoms with Crippen LogP contribution in [-0.4, -0.2) is 30.6 Å². The number of halogens is 2. The summed E-state index contributed by atoms with van der Waals surface area (Å²) in [4.78, 5) is 39.5. The van der Waals surface area contributed by atoms with Crippen molar-refractivity contribution in [3.63, 3.8) is 0 Å². The molecule has 4 aromatic rings. The Kier molecular flexibility index (Phi) is 10.7. The van der Waals surface area contributed by atoms with Crippen LogP contribution in [0.5, 0.6) is 5.75 Å². The van der Waals surface area contributed by atoms with E-state index >= 15 is 0 Å². The number of anilines is 2. The molecule has 0 radical (unpaired) electrons. The summed E-state index contributed by atoms with van der Waals surface area (Å²) >= 11 is 13.8. The normalized spacial score (nSPS) is 11.0. The second-order valence-corrected chi connectivity index (χ2v) is 10.9. The summed E-state index contributed by atoms with van der Waals surface area (Å²) in [6, 6.07) is 26.1. The molecular formula is C32H27Cl2N3O4S. The number of amides is 3. The van der Waals surface area contributed by atoms with E-state index in [4.69, 9.17) is 27.9 Å². The van der Waals surface area contributed by atoms with Crippen LogP contribution in [0.4, 0.5) is 11.4 Å². The number of benzene rings is 4. The molecule has 214 valence electrons. The van der Waals surface area contributed by atoms with Crippen LogP contribution in [0.25, 0.3) is 6.08 Å². The van der Waals surface area contributed by atoms with E-state index in [1.165, 1.54) is 24.9 Å². The zero-order chi connectivity index (χ0) is 30.1. The maximum absolute atomic E-state index is 13.3. The van der Waals surface area contributed by atoms with Gasteiger partial charge in [-0.3, -0.25) is 14.4 Å². The van der Waals surface area contributed by atoms with Crippen LogP contribution in [0.1, 0.15) is 21.5 Å². The van der Waals surface area contributed by atoms with Crippen LogP contribution in [0.3, 0.4) is 0 Å². The van der Waals surface area contributed by atoms with Gasteiger partial charge in [-0.05, 0) is 72.7 Å². The molecule has 10 heteroatoms. The van der Waals surface area contributed by atoms with Crippen molar-refractivity contribution in [3.05, 3.63) is 123 Å². The highest BCUT2D eigenvalue weighted by molar-refractivity contribution is 8.00. The Bertz CT molecular complexity index is 1630. The molecule has 0 heterocycles. The lowest BCUT2D eigenvalue weighted by Gasteiger charge is -2.13. The summed E-state index contributed by atoms with van der Waals surface area (Å²) in [7, 11) is 1.51. The van der Waals surface area contributed by atoms with Crippen LogP contribution in [-0.2, 0) is 9.59 Å². The fraction of sp³-hybridized carbons (Fsp3) is 0.0938. The van der Waals surface area contributed by atoms with E-state index in [1.807, 2.05) is 6.92 Å². The van der Waals surface area contributed by atoms with Gasteiger partial charge in [-0.15, -0.1) is 11.8 Å². The number of methoxy groups -OCH3 is 1. The van der Waals surface area contributed by atoms with E-state index in [0.717, 1.165) is 10.5 Å². The van der Waals surface area contributed by atoms with Gasteiger partial charge in [0.15, 0.2) is 0 Å². The van der Waals surface area contributed by atoms with E-state index in [0.29, 0.717) is 38.3 Å². The SMILES string of the molecule is COc1cc(Cl)c(C)cc1NC(=O)CSc1ccc(NC(=O)/C(=C/c2ccccc2Cl)NC(=O)c2ccccc2)cc1. The van der Waals surface area contributed by atoms with Crippen molar-refractivity contribution in [2.45, 2.75) is 11.8 Å². The first-order valence-electron chi connectivity index (χ1n) is 12.7. The van der Waals surface area contributed by atoms with Gasteiger partial charge in [-0.25, -0.2) is 0 Å². The average molecular weight is 621 g/mol. The summed E-state index contributed by atoms with van der Waals surface area (Å²) < 4.78 is 5.31. The number of carbonyl (C=O) groups is 3. The Morgan fingerprint density at radius 1 is 0.857 bits per heavy atom. The quantitative estimate of drug-likeness (QED) is 0.126. The number of aryl methyl sites for hydroxylation is 1. The molecule has 0 aromatic heterocycles. The second-order valence-electron chi connectivity index (χ2n) is 9.02. The second kappa shape index (κ2) is 14.6. The number of carbonyl (C=O) groups excluding carboxylic acids is 3. The molecule has 0 aliphatic carbocycles. The Morgan fingerprint density at radius 2 is 1.55 bits per heavy atom. The van der Waals surface area contributed by atoms with Crippen LogP contribution in [0, 0.1) is 6.92 Å². The molecule has 0 spiro atoms. The van der Waals surface area contributed by atoms with Crippen LogP contribution < -0.4 is 20.7 Å². The molecule has 4 aromatic carbocycles. The first-order chi connectivity index (χ1) is 20.2. The van der Waals surface area contributed by atoms with Crippen molar-refractivity contribution in [3.8, 4) is 5.75 Å². The number of ether oxygens (including phenoxy) is 1. The Balaban J connectivity index is 1.41. The predicted octanol–water partition coefficient (Wildman–Crippen LogP) is 7.45. The number of hydrogen-bond donors (Lipinski definition) is 3. The lowest BCUT2D eigenvalue weighted by molar-refractivity contribution is -0.114. The van der Waals surface area contributed by atoms with Crippen molar-refractivity contribution in [1.29, 1.82) is 0 Å².